The number of benzene rings is 1. The van der Waals surface area contributed by atoms with Gasteiger partial charge in [-0.3, -0.25) is 0 Å². The number of rotatable bonds is 6. The molecule has 1 aromatic heterocycles. The van der Waals surface area contributed by atoms with Gasteiger partial charge in [-0.2, -0.15) is 0 Å². The predicted octanol–water partition coefficient (Wildman–Crippen LogP) is 3.60. The maximum atomic E-state index is 11.3. The Bertz CT molecular complexity index is 610. The highest BCUT2D eigenvalue weighted by molar-refractivity contribution is 5.83. The third-order valence-electron chi connectivity index (χ3n) is 3.37. The van der Waals surface area contributed by atoms with E-state index in [4.69, 9.17) is 0 Å². The average molecular weight is 272 g/mol. The molecule has 0 saturated heterocycles. The van der Waals surface area contributed by atoms with Gasteiger partial charge in [0, 0.05) is 5.39 Å². The Morgan fingerprint density at radius 2 is 2.15 bits per heavy atom. The van der Waals surface area contributed by atoms with Crippen LogP contribution < -0.4 is 5.32 Å². The van der Waals surface area contributed by atoms with Gasteiger partial charge in [-0.1, -0.05) is 38.0 Å². The molecule has 1 atom stereocenters. The molecule has 0 aliphatic rings. The number of aryl methyl sites for hydroxylation is 1. The Morgan fingerprint density at radius 1 is 1.40 bits per heavy atom. The number of carboxylic acids is 1. The number of nitrogens with zero attached hydrogens (tertiary/aromatic N) is 1. The van der Waals surface area contributed by atoms with E-state index in [0.717, 1.165) is 29.3 Å². The van der Waals surface area contributed by atoms with Crippen molar-refractivity contribution < 1.29 is 9.90 Å². The molecule has 4 heteroatoms. The Balaban J connectivity index is 2.27. The molecule has 0 amide bonds. The monoisotopic (exact) mass is 272 g/mol. The molecule has 0 aliphatic heterocycles. The minimum Gasteiger partial charge on any atom is -0.480 e. The first-order valence-electron chi connectivity index (χ1n) is 6.97. The van der Waals surface area contributed by atoms with Crippen LogP contribution in [0.3, 0.4) is 0 Å². The summed E-state index contributed by atoms with van der Waals surface area (Å²) in [5.74, 6) is -0.167. The van der Waals surface area contributed by atoms with Crippen molar-refractivity contribution in [2.75, 3.05) is 5.32 Å². The molecule has 1 heterocycles. The van der Waals surface area contributed by atoms with Crippen molar-refractivity contribution in [1.82, 2.24) is 4.98 Å². The number of hydrogen-bond acceptors (Lipinski definition) is 3. The van der Waals surface area contributed by atoms with E-state index in [-0.39, 0.29) is 0 Å². The molecule has 0 radical (unpaired) electrons. The summed E-state index contributed by atoms with van der Waals surface area (Å²) >= 11 is 0. The zero-order valence-corrected chi connectivity index (χ0v) is 11.9. The SMILES string of the molecule is CCCCC(Nc1nc2ccccc2cc1C)C(=O)O. The molecule has 106 valence electrons. The second-order valence-electron chi connectivity index (χ2n) is 5.02. The first-order valence-corrected chi connectivity index (χ1v) is 6.97. The van der Waals surface area contributed by atoms with Crippen LogP contribution >= 0.6 is 0 Å². The topological polar surface area (TPSA) is 62.2 Å². The zero-order chi connectivity index (χ0) is 14.5. The number of para-hydroxylation sites is 1. The normalized spacial score (nSPS) is 12.3. The number of hydrogen-bond donors (Lipinski definition) is 2. The third-order valence-corrected chi connectivity index (χ3v) is 3.37. The van der Waals surface area contributed by atoms with E-state index in [1.807, 2.05) is 37.3 Å². The number of pyridine rings is 1. The molecule has 4 nitrogen and oxygen atoms in total. The van der Waals surface area contributed by atoms with Crippen LogP contribution in [0.25, 0.3) is 10.9 Å². The lowest BCUT2D eigenvalue weighted by Gasteiger charge is -2.16. The van der Waals surface area contributed by atoms with Crippen molar-refractivity contribution in [1.29, 1.82) is 0 Å². The van der Waals surface area contributed by atoms with Gasteiger partial charge in [0.25, 0.3) is 0 Å². The van der Waals surface area contributed by atoms with Crippen LogP contribution in [0.4, 0.5) is 5.82 Å². The van der Waals surface area contributed by atoms with Crippen molar-refractivity contribution in [3.05, 3.63) is 35.9 Å². The van der Waals surface area contributed by atoms with Crippen LogP contribution in [0.2, 0.25) is 0 Å². The van der Waals surface area contributed by atoms with Crippen LogP contribution in [-0.2, 0) is 4.79 Å². The fourth-order valence-electron chi connectivity index (χ4n) is 2.20. The highest BCUT2D eigenvalue weighted by Crippen LogP contribution is 2.21. The Labute approximate surface area is 118 Å². The van der Waals surface area contributed by atoms with Crippen molar-refractivity contribution in [2.45, 2.75) is 39.2 Å². The fraction of sp³-hybridized carbons (Fsp3) is 0.375. The first-order chi connectivity index (χ1) is 9.61. The molecule has 2 N–H and O–H groups in total. The van der Waals surface area contributed by atoms with Crippen LogP contribution in [0, 0.1) is 6.92 Å². The summed E-state index contributed by atoms with van der Waals surface area (Å²) in [5.41, 5.74) is 1.84. The van der Waals surface area contributed by atoms with Gasteiger partial charge in [-0.15, -0.1) is 0 Å². The summed E-state index contributed by atoms with van der Waals surface area (Å²) in [6, 6.07) is 9.29. The molecule has 0 spiro atoms. The summed E-state index contributed by atoms with van der Waals surface area (Å²) in [7, 11) is 0. The van der Waals surface area contributed by atoms with Gasteiger partial charge >= 0.3 is 5.97 Å². The summed E-state index contributed by atoms with van der Waals surface area (Å²) in [6.45, 7) is 4.00. The lowest BCUT2D eigenvalue weighted by molar-refractivity contribution is -0.138. The van der Waals surface area contributed by atoms with Gasteiger partial charge in [0.2, 0.25) is 0 Å². The van der Waals surface area contributed by atoms with E-state index in [2.05, 4.69) is 17.2 Å². The minimum atomic E-state index is -0.826. The summed E-state index contributed by atoms with van der Waals surface area (Å²) in [6.07, 6.45) is 2.48. The number of aliphatic carboxylic acids is 1. The molecular formula is C16H20N2O2. The number of aromatic nitrogens is 1. The zero-order valence-electron chi connectivity index (χ0n) is 11.9. The van der Waals surface area contributed by atoms with E-state index in [1.165, 1.54) is 0 Å². The number of carboxylic acid groups (broad SMARTS) is 1. The highest BCUT2D eigenvalue weighted by atomic mass is 16.4. The van der Waals surface area contributed by atoms with E-state index in [1.54, 1.807) is 0 Å². The predicted molar refractivity (Wildman–Crippen MR) is 81.1 cm³/mol. The fourth-order valence-corrected chi connectivity index (χ4v) is 2.20. The summed E-state index contributed by atoms with van der Waals surface area (Å²) in [4.78, 5) is 15.8. The van der Waals surface area contributed by atoms with Gasteiger partial charge < -0.3 is 10.4 Å². The average Bonchev–Trinajstić information content (AvgIpc) is 2.43. The molecule has 1 unspecified atom stereocenters. The van der Waals surface area contributed by atoms with E-state index in [0.29, 0.717) is 12.2 Å². The molecule has 1 aromatic carbocycles. The van der Waals surface area contributed by atoms with Crippen LogP contribution in [0.15, 0.2) is 30.3 Å². The van der Waals surface area contributed by atoms with Gasteiger partial charge in [-0.25, -0.2) is 9.78 Å². The molecule has 20 heavy (non-hydrogen) atoms. The van der Waals surface area contributed by atoms with E-state index < -0.39 is 12.0 Å². The Kier molecular flexibility index (Phi) is 4.56. The summed E-state index contributed by atoms with van der Waals surface area (Å²) in [5, 5.41) is 13.4. The Hall–Kier alpha value is -2.10. The molecule has 2 aromatic rings. The van der Waals surface area contributed by atoms with Crippen LogP contribution in [0.1, 0.15) is 31.7 Å². The van der Waals surface area contributed by atoms with Gasteiger partial charge in [0.1, 0.15) is 11.9 Å². The van der Waals surface area contributed by atoms with Gasteiger partial charge in [0.15, 0.2) is 0 Å². The molecule has 0 saturated carbocycles. The number of unbranched alkanes of at least 4 members (excludes halogenated alkanes) is 1. The maximum absolute atomic E-state index is 11.3. The highest BCUT2D eigenvalue weighted by Gasteiger charge is 2.18. The largest absolute Gasteiger partial charge is 0.480 e. The van der Waals surface area contributed by atoms with Crippen molar-refractivity contribution >= 4 is 22.7 Å². The Morgan fingerprint density at radius 3 is 2.85 bits per heavy atom. The van der Waals surface area contributed by atoms with Gasteiger partial charge in [-0.05, 0) is 31.0 Å². The second-order valence-corrected chi connectivity index (χ2v) is 5.02. The van der Waals surface area contributed by atoms with E-state index >= 15 is 0 Å². The lowest BCUT2D eigenvalue weighted by Crippen LogP contribution is -2.29. The quantitative estimate of drug-likeness (QED) is 0.843. The number of carbonyl (C=O) groups is 1. The van der Waals surface area contributed by atoms with Crippen molar-refractivity contribution in [3.63, 3.8) is 0 Å². The number of nitrogens with one attached hydrogen (secondary N) is 1. The first kappa shape index (κ1) is 14.3. The molecule has 0 bridgehead atoms. The second kappa shape index (κ2) is 6.37. The van der Waals surface area contributed by atoms with E-state index in [9.17, 15) is 9.90 Å². The van der Waals surface area contributed by atoms with Gasteiger partial charge in [0.05, 0.1) is 5.52 Å². The molecular weight excluding hydrogens is 252 g/mol. The third kappa shape index (κ3) is 3.26. The number of anilines is 1. The molecule has 0 aliphatic carbocycles. The lowest BCUT2D eigenvalue weighted by atomic mass is 10.1. The van der Waals surface area contributed by atoms with Crippen LogP contribution in [0.5, 0.6) is 0 Å². The minimum absolute atomic E-state index is 0.581. The summed E-state index contributed by atoms with van der Waals surface area (Å²) < 4.78 is 0. The maximum Gasteiger partial charge on any atom is 0.326 e. The van der Waals surface area contributed by atoms with Crippen molar-refractivity contribution in [3.8, 4) is 0 Å². The molecule has 2 rings (SSSR count). The molecule has 0 fully saturated rings. The number of fused-ring (bicyclic) bond motifs is 1. The van der Waals surface area contributed by atoms with Crippen LogP contribution in [-0.4, -0.2) is 22.1 Å². The van der Waals surface area contributed by atoms with Crippen molar-refractivity contribution in [2.24, 2.45) is 0 Å². The smallest absolute Gasteiger partial charge is 0.326 e. The standard InChI is InChI=1S/C16H20N2O2/c1-3-4-8-14(16(19)20)18-15-11(2)10-12-7-5-6-9-13(12)17-15/h5-7,9-10,14H,3-4,8H2,1-2H3,(H,17,18)(H,19,20).